The van der Waals surface area contributed by atoms with Gasteiger partial charge in [0.05, 0.1) is 0 Å². The molecule has 0 amide bonds. The van der Waals surface area contributed by atoms with Crippen molar-refractivity contribution in [1.82, 2.24) is 9.88 Å². The fraction of sp³-hybridized carbons (Fsp3) is 0.667. The van der Waals surface area contributed by atoms with Crippen molar-refractivity contribution in [1.29, 1.82) is 0 Å². The van der Waals surface area contributed by atoms with Crippen LogP contribution in [0.3, 0.4) is 0 Å². The van der Waals surface area contributed by atoms with Crippen LogP contribution in [-0.4, -0.2) is 30.0 Å². The highest BCUT2D eigenvalue weighted by Crippen LogP contribution is 2.40. The van der Waals surface area contributed by atoms with Crippen LogP contribution in [0.2, 0.25) is 0 Å². The first-order valence-corrected chi connectivity index (χ1v) is 6.83. The number of piperidine rings is 1. The van der Waals surface area contributed by atoms with Gasteiger partial charge in [0.25, 0.3) is 0 Å². The molecule has 1 aromatic rings. The number of likely N-dealkylation sites (tertiary alicyclic amines) is 1. The second kappa shape index (κ2) is 4.09. The zero-order chi connectivity index (χ0) is 11.9. The highest BCUT2D eigenvalue weighted by Gasteiger charge is 2.33. The summed E-state index contributed by atoms with van der Waals surface area (Å²) in [5.41, 5.74) is 2.97. The molecule has 1 aromatic heterocycles. The predicted octanol–water partition coefficient (Wildman–Crippen LogP) is 2.94. The molecule has 2 nitrogen and oxygen atoms in total. The second-order valence-electron chi connectivity index (χ2n) is 6.09. The molecule has 0 aromatic carbocycles. The second-order valence-corrected chi connectivity index (χ2v) is 6.09. The maximum absolute atomic E-state index is 4.94. The fourth-order valence-electron chi connectivity index (χ4n) is 2.76. The van der Waals surface area contributed by atoms with Crippen LogP contribution in [-0.2, 0) is 5.41 Å². The quantitative estimate of drug-likeness (QED) is 0.776. The Morgan fingerprint density at radius 3 is 2.59 bits per heavy atom. The lowest BCUT2D eigenvalue weighted by atomic mass is 9.77. The molecule has 2 fully saturated rings. The van der Waals surface area contributed by atoms with Crippen molar-refractivity contribution in [2.24, 2.45) is 0 Å². The minimum atomic E-state index is 0.303. The topological polar surface area (TPSA) is 16.1 Å². The molecule has 3 rings (SSSR count). The monoisotopic (exact) mass is 230 g/mol. The number of hydrogen-bond acceptors (Lipinski definition) is 2. The molecule has 2 heterocycles. The summed E-state index contributed by atoms with van der Waals surface area (Å²) in [4.78, 5) is 7.36. The fourth-order valence-corrected chi connectivity index (χ4v) is 2.76. The summed E-state index contributed by atoms with van der Waals surface area (Å²) in [6.07, 6.45) is 5.17. The van der Waals surface area contributed by atoms with Gasteiger partial charge in [-0.1, -0.05) is 13.0 Å². The molecular weight excluding hydrogens is 208 g/mol. The number of hydrogen-bond donors (Lipinski definition) is 0. The SMILES string of the molecule is CN1CCC(C)(c2cccc(C3CC3)n2)CC1. The lowest BCUT2D eigenvalue weighted by Gasteiger charge is -2.37. The average molecular weight is 230 g/mol. The van der Waals surface area contributed by atoms with Crippen LogP contribution in [0, 0.1) is 0 Å². The van der Waals surface area contributed by atoms with Gasteiger partial charge in [-0.05, 0) is 58.0 Å². The lowest BCUT2D eigenvalue weighted by Crippen LogP contribution is -2.39. The van der Waals surface area contributed by atoms with Crippen LogP contribution >= 0.6 is 0 Å². The summed E-state index contributed by atoms with van der Waals surface area (Å²) in [6, 6.07) is 6.65. The molecule has 1 aliphatic heterocycles. The zero-order valence-electron chi connectivity index (χ0n) is 10.9. The van der Waals surface area contributed by atoms with E-state index < -0.39 is 0 Å². The normalized spacial score (nSPS) is 24.8. The van der Waals surface area contributed by atoms with E-state index in [0.717, 1.165) is 5.92 Å². The van der Waals surface area contributed by atoms with Crippen molar-refractivity contribution in [2.75, 3.05) is 20.1 Å². The molecule has 0 atom stereocenters. The van der Waals surface area contributed by atoms with E-state index in [4.69, 9.17) is 4.98 Å². The lowest BCUT2D eigenvalue weighted by molar-refractivity contribution is 0.196. The van der Waals surface area contributed by atoms with Gasteiger partial charge < -0.3 is 4.90 Å². The Morgan fingerprint density at radius 1 is 1.24 bits per heavy atom. The molecule has 0 radical (unpaired) electrons. The number of aromatic nitrogens is 1. The number of nitrogens with zero attached hydrogens (tertiary/aromatic N) is 2. The van der Waals surface area contributed by atoms with Crippen LogP contribution < -0.4 is 0 Å². The Kier molecular flexibility index (Phi) is 2.70. The highest BCUT2D eigenvalue weighted by atomic mass is 15.1. The van der Waals surface area contributed by atoms with Gasteiger partial charge in [-0.25, -0.2) is 0 Å². The van der Waals surface area contributed by atoms with E-state index in [-0.39, 0.29) is 0 Å². The van der Waals surface area contributed by atoms with Crippen molar-refractivity contribution in [2.45, 2.75) is 43.9 Å². The van der Waals surface area contributed by atoms with E-state index in [1.807, 2.05) is 0 Å². The third-order valence-electron chi connectivity index (χ3n) is 4.48. The van der Waals surface area contributed by atoms with Crippen molar-refractivity contribution in [3.05, 3.63) is 29.6 Å². The Hall–Kier alpha value is -0.890. The minimum Gasteiger partial charge on any atom is -0.306 e. The van der Waals surface area contributed by atoms with Crippen LogP contribution in [0.1, 0.15) is 49.9 Å². The highest BCUT2D eigenvalue weighted by molar-refractivity contribution is 5.24. The van der Waals surface area contributed by atoms with E-state index in [9.17, 15) is 0 Å². The van der Waals surface area contributed by atoms with Gasteiger partial charge in [-0.15, -0.1) is 0 Å². The standard InChI is InChI=1S/C15H22N2/c1-15(8-10-17(2)11-9-15)14-5-3-4-13(16-14)12-6-7-12/h3-5,12H,6-11H2,1-2H3. The Balaban J connectivity index is 1.84. The summed E-state index contributed by atoms with van der Waals surface area (Å²) >= 11 is 0. The molecule has 2 aliphatic rings. The van der Waals surface area contributed by atoms with Gasteiger partial charge in [-0.3, -0.25) is 4.98 Å². The third kappa shape index (κ3) is 2.23. The van der Waals surface area contributed by atoms with E-state index >= 15 is 0 Å². The van der Waals surface area contributed by atoms with Gasteiger partial charge >= 0.3 is 0 Å². The van der Waals surface area contributed by atoms with Crippen LogP contribution in [0.5, 0.6) is 0 Å². The van der Waals surface area contributed by atoms with Gasteiger partial charge in [0, 0.05) is 22.7 Å². The third-order valence-corrected chi connectivity index (χ3v) is 4.48. The zero-order valence-corrected chi connectivity index (χ0v) is 10.9. The Morgan fingerprint density at radius 2 is 1.94 bits per heavy atom. The molecule has 1 aliphatic carbocycles. The van der Waals surface area contributed by atoms with E-state index in [1.54, 1.807) is 0 Å². The predicted molar refractivity (Wildman–Crippen MR) is 70.3 cm³/mol. The summed E-state index contributed by atoms with van der Waals surface area (Å²) in [5.74, 6) is 0.768. The minimum absolute atomic E-state index is 0.303. The largest absolute Gasteiger partial charge is 0.306 e. The van der Waals surface area contributed by atoms with Crippen LogP contribution in [0.15, 0.2) is 18.2 Å². The number of rotatable bonds is 2. The molecule has 92 valence electrons. The van der Waals surface area contributed by atoms with Gasteiger partial charge in [0.2, 0.25) is 0 Å². The van der Waals surface area contributed by atoms with E-state index in [1.165, 1.54) is 50.2 Å². The maximum atomic E-state index is 4.94. The Labute approximate surface area is 104 Å². The average Bonchev–Trinajstić information content (AvgIpc) is 3.18. The summed E-state index contributed by atoms with van der Waals surface area (Å²) in [7, 11) is 2.22. The summed E-state index contributed by atoms with van der Waals surface area (Å²) in [6.45, 7) is 4.79. The van der Waals surface area contributed by atoms with Crippen molar-refractivity contribution >= 4 is 0 Å². The molecular formula is C15H22N2. The molecule has 1 saturated carbocycles. The van der Waals surface area contributed by atoms with Gasteiger partial charge in [-0.2, -0.15) is 0 Å². The van der Waals surface area contributed by atoms with Crippen LogP contribution in [0.4, 0.5) is 0 Å². The van der Waals surface area contributed by atoms with Crippen molar-refractivity contribution in [3.63, 3.8) is 0 Å². The summed E-state index contributed by atoms with van der Waals surface area (Å²) in [5, 5.41) is 0. The first-order chi connectivity index (χ1) is 8.17. The molecule has 2 heteroatoms. The van der Waals surface area contributed by atoms with E-state index in [2.05, 4.69) is 37.1 Å². The Bertz CT molecular complexity index is 401. The van der Waals surface area contributed by atoms with E-state index in [0.29, 0.717) is 5.41 Å². The van der Waals surface area contributed by atoms with Crippen LogP contribution in [0.25, 0.3) is 0 Å². The van der Waals surface area contributed by atoms with Crippen molar-refractivity contribution < 1.29 is 0 Å². The van der Waals surface area contributed by atoms with Gasteiger partial charge in [0.15, 0.2) is 0 Å². The smallest absolute Gasteiger partial charge is 0.0467 e. The molecule has 0 bridgehead atoms. The van der Waals surface area contributed by atoms with Crippen molar-refractivity contribution in [3.8, 4) is 0 Å². The first kappa shape index (κ1) is 11.2. The summed E-state index contributed by atoms with van der Waals surface area (Å²) < 4.78 is 0. The molecule has 17 heavy (non-hydrogen) atoms. The van der Waals surface area contributed by atoms with Gasteiger partial charge in [0.1, 0.15) is 0 Å². The molecule has 1 saturated heterocycles. The maximum Gasteiger partial charge on any atom is 0.0467 e. The number of pyridine rings is 1. The first-order valence-electron chi connectivity index (χ1n) is 6.83. The molecule has 0 unspecified atom stereocenters. The molecule has 0 spiro atoms. The molecule has 0 N–H and O–H groups in total.